The first-order valence-corrected chi connectivity index (χ1v) is 8.18. The Hall–Kier alpha value is -1.02. The molecule has 0 aliphatic heterocycles. The van der Waals surface area contributed by atoms with Crippen molar-refractivity contribution in [3.8, 4) is 0 Å². The Morgan fingerprint density at radius 3 is 2.38 bits per heavy atom. The normalized spacial score (nSPS) is 12.4. The molecule has 1 unspecified atom stereocenters. The van der Waals surface area contributed by atoms with Gasteiger partial charge in [0.05, 0.1) is 16.1 Å². The van der Waals surface area contributed by atoms with Crippen molar-refractivity contribution in [3.63, 3.8) is 0 Å². The SMILES string of the molecule is CCCc1cccc(C(NCC)c2ccc(Cl)c(Cl)c2)c1. The fraction of sp³-hybridized carbons (Fsp3) is 0.333. The van der Waals surface area contributed by atoms with Crippen LogP contribution in [0, 0.1) is 0 Å². The molecule has 0 heterocycles. The topological polar surface area (TPSA) is 12.0 Å². The zero-order chi connectivity index (χ0) is 15.2. The Bertz CT molecular complexity index is 596. The van der Waals surface area contributed by atoms with Gasteiger partial charge in [0.1, 0.15) is 0 Å². The molecule has 2 rings (SSSR count). The summed E-state index contributed by atoms with van der Waals surface area (Å²) in [4.78, 5) is 0. The summed E-state index contributed by atoms with van der Waals surface area (Å²) < 4.78 is 0. The van der Waals surface area contributed by atoms with Gasteiger partial charge in [-0.1, -0.05) is 73.8 Å². The molecule has 0 radical (unpaired) electrons. The van der Waals surface area contributed by atoms with Crippen LogP contribution in [0.25, 0.3) is 0 Å². The average molecular weight is 322 g/mol. The van der Waals surface area contributed by atoms with Gasteiger partial charge in [-0.2, -0.15) is 0 Å². The van der Waals surface area contributed by atoms with E-state index in [0.717, 1.165) is 24.9 Å². The Kier molecular flexibility index (Phi) is 6.10. The lowest BCUT2D eigenvalue weighted by Gasteiger charge is -2.20. The lowest BCUT2D eigenvalue weighted by atomic mass is 9.96. The van der Waals surface area contributed by atoms with Crippen LogP contribution in [0.2, 0.25) is 10.0 Å². The van der Waals surface area contributed by atoms with E-state index < -0.39 is 0 Å². The van der Waals surface area contributed by atoms with E-state index in [9.17, 15) is 0 Å². The molecule has 21 heavy (non-hydrogen) atoms. The molecule has 112 valence electrons. The highest BCUT2D eigenvalue weighted by molar-refractivity contribution is 6.42. The first-order valence-electron chi connectivity index (χ1n) is 7.42. The maximum absolute atomic E-state index is 6.17. The highest BCUT2D eigenvalue weighted by atomic mass is 35.5. The summed E-state index contributed by atoms with van der Waals surface area (Å²) in [6, 6.07) is 14.7. The van der Waals surface area contributed by atoms with E-state index in [-0.39, 0.29) is 6.04 Å². The first-order chi connectivity index (χ1) is 10.2. The molecule has 0 bridgehead atoms. The molecule has 2 aromatic carbocycles. The van der Waals surface area contributed by atoms with Crippen LogP contribution in [-0.4, -0.2) is 6.54 Å². The molecule has 1 N–H and O–H groups in total. The smallest absolute Gasteiger partial charge is 0.0595 e. The summed E-state index contributed by atoms with van der Waals surface area (Å²) in [6.45, 7) is 5.21. The second-order valence-corrected chi connectivity index (χ2v) is 5.97. The van der Waals surface area contributed by atoms with Crippen LogP contribution >= 0.6 is 23.2 Å². The van der Waals surface area contributed by atoms with Crippen molar-refractivity contribution < 1.29 is 0 Å². The molecular weight excluding hydrogens is 301 g/mol. The fourth-order valence-corrected chi connectivity index (χ4v) is 2.85. The van der Waals surface area contributed by atoms with Gasteiger partial charge in [0.15, 0.2) is 0 Å². The van der Waals surface area contributed by atoms with E-state index in [1.54, 1.807) is 0 Å². The minimum absolute atomic E-state index is 0.140. The largest absolute Gasteiger partial charge is 0.307 e. The third kappa shape index (κ3) is 4.23. The predicted octanol–water partition coefficient (Wildman–Crippen LogP) is 5.64. The first kappa shape index (κ1) is 16.4. The molecule has 0 saturated carbocycles. The summed E-state index contributed by atoms with van der Waals surface area (Å²) in [5, 5.41) is 4.72. The summed E-state index contributed by atoms with van der Waals surface area (Å²) in [7, 11) is 0. The van der Waals surface area contributed by atoms with E-state index in [2.05, 4.69) is 43.4 Å². The molecule has 3 heteroatoms. The van der Waals surface area contributed by atoms with E-state index >= 15 is 0 Å². The molecule has 2 aromatic rings. The number of hydrogen-bond acceptors (Lipinski definition) is 1. The monoisotopic (exact) mass is 321 g/mol. The van der Waals surface area contributed by atoms with E-state index in [4.69, 9.17) is 23.2 Å². The van der Waals surface area contributed by atoms with Crippen LogP contribution in [0.1, 0.15) is 43.0 Å². The standard InChI is InChI=1S/C18H21Cl2N/c1-3-6-13-7-5-8-14(11-13)18(21-4-2)15-9-10-16(19)17(20)12-15/h5,7-12,18,21H,3-4,6H2,1-2H3. The van der Waals surface area contributed by atoms with Gasteiger partial charge in [0.2, 0.25) is 0 Å². The Labute approximate surface area is 137 Å². The number of halogens is 2. The molecule has 1 nitrogen and oxygen atoms in total. The van der Waals surface area contributed by atoms with E-state index in [1.807, 2.05) is 18.2 Å². The molecule has 0 fully saturated rings. The van der Waals surface area contributed by atoms with Gasteiger partial charge < -0.3 is 5.32 Å². The lowest BCUT2D eigenvalue weighted by Crippen LogP contribution is -2.22. The molecule has 0 aromatic heterocycles. The van der Waals surface area contributed by atoms with Gasteiger partial charge >= 0.3 is 0 Å². The molecule has 0 aliphatic rings. The Morgan fingerprint density at radius 1 is 0.952 bits per heavy atom. The van der Waals surface area contributed by atoms with Gasteiger partial charge in [0, 0.05) is 0 Å². The summed E-state index contributed by atoms with van der Waals surface area (Å²) in [5.41, 5.74) is 3.78. The van der Waals surface area contributed by atoms with E-state index in [0.29, 0.717) is 10.0 Å². The van der Waals surface area contributed by atoms with Crippen LogP contribution in [0.4, 0.5) is 0 Å². The number of hydrogen-bond donors (Lipinski definition) is 1. The highest BCUT2D eigenvalue weighted by Crippen LogP contribution is 2.29. The quantitative estimate of drug-likeness (QED) is 0.725. The minimum atomic E-state index is 0.140. The van der Waals surface area contributed by atoms with Crippen molar-refractivity contribution in [1.29, 1.82) is 0 Å². The number of nitrogens with one attached hydrogen (secondary N) is 1. The zero-order valence-corrected chi connectivity index (χ0v) is 14.0. The maximum atomic E-state index is 6.17. The zero-order valence-electron chi connectivity index (χ0n) is 12.5. The summed E-state index contributed by atoms with van der Waals surface area (Å²) in [6.07, 6.45) is 2.26. The van der Waals surface area contributed by atoms with Crippen LogP contribution < -0.4 is 5.32 Å². The number of benzene rings is 2. The molecule has 0 saturated heterocycles. The van der Waals surface area contributed by atoms with Crippen molar-refractivity contribution in [1.82, 2.24) is 5.32 Å². The Balaban J connectivity index is 2.37. The Morgan fingerprint density at radius 2 is 1.71 bits per heavy atom. The second-order valence-electron chi connectivity index (χ2n) is 5.16. The van der Waals surface area contributed by atoms with Crippen LogP contribution in [0.5, 0.6) is 0 Å². The predicted molar refractivity (Wildman–Crippen MR) is 92.4 cm³/mol. The lowest BCUT2D eigenvalue weighted by molar-refractivity contribution is 0.630. The molecule has 1 atom stereocenters. The molecule has 0 aliphatic carbocycles. The minimum Gasteiger partial charge on any atom is -0.307 e. The third-order valence-corrected chi connectivity index (χ3v) is 4.25. The highest BCUT2D eigenvalue weighted by Gasteiger charge is 2.14. The van der Waals surface area contributed by atoms with Gasteiger partial charge in [-0.25, -0.2) is 0 Å². The molecule has 0 amide bonds. The third-order valence-electron chi connectivity index (χ3n) is 3.51. The van der Waals surface area contributed by atoms with Crippen molar-refractivity contribution in [3.05, 3.63) is 69.2 Å². The average Bonchev–Trinajstić information content (AvgIpc) is 2.48. The van der Waals surface area contributed by atoms with Gasteiger partial charge in [-0.15, -0.1) is 0 Å². The number of rotatable bonds is 6. The van der Waals surface area contributed by atoms with E-state index in [1.165, 1.54) is 11.1 Å². The summed E-state index contributed by atoms with van der Waals surface area (Å²) in [5.74, 6) is 0. The van der Waals surface area contributed by atoms with Crippen LogP contribution in [0.3, 0.4) is 0 Å². The van der Waals surface area contributed by atoms with Gasteiger partial charge in [-0.05, 0) is 41.8 Å². The second kappa shape index (κ2) is 7.84. The van der Waals surface area contributed by atoms with Crippen LogP contribution in [0.15, 0.2) is 42.5 Å². The van der Waals surface area contributed by atoms with Crippen molar-refractivity contribution in [2.45, 2.75) is 32.7 Å². The molecular formula is C18H21Cl2N. The maximum Gasteiger partial charge on any atom is 0.0595 e. The van der Waals surface area contributed by atoms with Crippen molar-refractivity contribution >= 4 is 23.2 Å². The number of aryl methyl sites for hydroxylation is 1. The summed E-state index contributed by atoms with van der Waals surface area (Å²) >= 11 is 12.2. The fourth-order valence-electron chi connectivity index (χ4n) is 2.54. The van der Waals surface area contributed by atoms with Gasteiger partial charge in [-0.3, -0.25) is 0 Å². The van der Waals surface area contributed by atoms with Crippen LogP contribution in [-0.2, 0) is 6.42 Å². The van der Waals surface area contributed by atoms with Crippen molar-refractivity contribution in [2.24, 2.45) is 0 Å². The van der Waals surface area contributed by atoms with Crippen molar-refractivity contribution in [2.75, 3.05) is 6.54 Å². The van der Waals surface area contributed by atoms with Gasteiger partial charge in [0.25, 0.3) is 0 Å². The molecule has 0 spiro atoms.